The van der Waals surface area contributed by atoms with Crippen molar-refractivity contribution < 1.29 is 5.11 Å². The maximum atomic E-state index is 9.95. The van der Waals surface area contributed by atoms with E-state index >= 15 is 0 Å². The quantitative estimate of drug-likeness (QED) is 0.721. The molecule has 5 heteroatoms. The molecular formula is C15H13N3OS. The number of nitrogens with one attached hydrogen (secondary N) is 1. The van der Waals surface area contributed by atoms with Crippen LogP contribution in [0.4, 0.5) is 0 Å². The number of fused-ring (bicyclic) bond motifs is 3. The number of rotatable bonds is 1. The normalized spacial score (nSPS) is 14.4. The number of para-hydroxylation sites is 1. The summed E-state index contributed by atoms with van der Waals surface area (Å²) in [6.45, 7) is 1.92. The molecule has 3 heterocycles. The lowest BCUT2D eigenvalue weighted by atomic mass is 10.1. The molecule has 0 aliphatic carbocycles. The van der Waals surface area contributed by atoms with Crippen LogP contribution in [0.1, 0.15) is 10.4 Å². The Morgan fingerprint density at radius 2 is 2.10 bits per heavy atom. The Morgan fingerprint density at radius 3 is 3.00 bits per heavy atom. The van der Waals surface area contributed by atoms with Gasteiger partial charge in [-0.3, -0.25) is 0 Å². The molecule has 0 saturated heterocycles. The highest BCUT2D eigenvalue weighted by Crippen LogP contribution is 2.35. The number of thiophene rings is 1. The van der Waals surface area contributed by atoms with Crippen LogP contribution < -0.4 is 5.32 Å². The molecule has 2 aromatic heterocycles. The summed E-state index contributed by atoms with van der Waals surface area (Å²) in [5, 5.41) is 23.1. The van der Waals surface area contributed by atoms with Crippen molar-refractivity contribution in [2.75, 3.05) is 6.54 Å². The van der Waals surface area contributed by atoms with Gasteiger partial charge in [-0.25, -0.2) is 0 Å². The largest absolute Gasteiger partial charge is 0.507 e. The van der Waals surface area contributed by atoms with E-state index in [9.17, 15) is 5.11 Å². The monoisotopic (exact) mass is 283 g/mol. The summed E-state index contributed by atoms with van der Waals surface area (Å²) in [5.74, 6) is 0.239. The minimum absolute atomic E-state index is 0.239. The summed E-state index contributed by atoms with van der Waals surface area (Å²) in [6, 6.07) is 9.28. The van der Waals surface area contributed by atoms with Crippen molar-refractivity contribution in [3.63, 3.8) is 0 Å². The Hall–Kier alpha value is -1.98. The molecule has 20 heavy (non-hydrogen) atoms. The second-order valence-electron chi connectivity index (χ2n) is 4.90. The molecule has 0 fully saturated rings. The highest BCUT2D eigenvalue weighted by Gasteiger charge is 2.18. The molecule has 4 rings (SSSR count). The molecular weight excluding hydrogens is 270 g/mol. The minimum atomic E-state index is 0.239. The first-order chi connectivity index (χ1) is 9.83. The zero-order valence-corrected chi connectivity index (χ0v) is 11.6. The summed E-state index contributed by atoms with van der Waals surface area (Å²) in [7, 11) is 0. The van der Waals surface area contributed by atoms with Gasteiger partial charge in [0.1, 0.15) is 10.6 Å². The van der Waals surface area contributed by atoms with Crippen LogP contribution >= 0.6 is 11.3 Å². The summed E-state index contributed by atoms with van der Waals surface area (Å²) in [6.07, 6.45) is 1.06. The lowest BCUT2D eigenvalue weighted by Gasteiger charge is -2.12. The number of phenols is 1. The Labute approximate surface area is 120 Å². The van der Waals surface area contributed by atoms with E-state index in [4.69, 9.17) is 0 Å². The first kappa shape index (κ1) is 11.8. The van der Waals surface area contributed by atoms with Crippen LogP contribution in [0.15, 0.2) is 30.3 Å². The van der Waals surface area contributed by atoms with Gasteiger partial charge >= 0.3 is 0 Å². The molecule has 1 aromatic carbocycles. The zero-order chi connectivity index (χ0) is 13.5. The van der Waals surface area contributed by atoms with Gasteiger partial charge in [0, 0.05) is 28.9 Å². The first-order valence-corrected chi connectivity index (χ1v) is 7.41. The molecule has 0 unspecified atom stereocenters. The lowest BCUT2D eigenvalue weighted by molar-refractivity contribution is 0.477. The Bertz CT molecular complexity index is 797. The van der Waals surface area contributed by atoms with Crippen LogP contribution in [0, 0.1) is 0 Å². The number of aromatic hydroxyl groups is 1. The summed E-state index contributed by atoms with van der Waals surface area (Å²) in [5.41, 5.74) is 2.79. The zero-order valence-electron chi connectivity index (χ0n) is 10.8. The van der Waals surface area contributed by atoms with Crippen molar-refractivity contribution in [2.45, 2.75) is 13.0 Å². The van der Waals surface area contributed by atoms with Crippen molar-refractivity contribution in [3.05, 3.63) is 40.8 Å². The molecule has 0 saturated carbocycles. The maximum Gasteiger partial charge on any atom is 0.146 e. The molecule has 2 N–H and O–H groups in total. The van der Waals surface area contributed by atoms with Crippen molar-refractivity contribution in [1.29, 1.82) is 0 Å². The SMILES string of the molecule is Oc1ccccc1-c1cc2c3c(sc2nn1)CCNC3. The predicted molar refractivity (Wildman–Crippen MR) is 79.9 cm³/mol. The molecule has 1 aliphatic heterocycles. The van der Waals surface area contributed by atoms with Crippen molar-refractivity contribution in [1.82, 2.24) is 15.5 Å². The summed E-state index contributed by atoms with van der Waals surface area (Å²) >= 11 is 1.73. The molecule has 0 bridgehead atoms. The van der Waals surface area contributed by atoms with Crippen molar-refractivity contribution >= 4 is 21.6 Å². The van der Waals surface area contributed by atoms with Gasteiger partial charge in [-0.1, -0.05) is 12.1 Å². The average molecular weight is 283 g/mol. The number of aromatic nitrogens is 2. The van der Waals surface area contributed by atoms with Crippen LogP contribution in [-0.2, 0) is 13.0 Å². The smallest absolute Gasteiger partial charge is 0.146 e. The highest BCUT2D eigenvalue weighted by atomic mass is 32.1. The highest BCUT2D eigenvalue weighted by molar-refractivity contribution is 7.18. The van der Waals surface area contributed by atoms with Crippen molar-refractivity contribution in [2.24, 2.45) is 0 Å². The fourth-order valence-corrected chi connectivity index (χ4v) is 3.75. The molecule has 1 aliphatic rings. The van der Waals surface area contributed by atoms with E-state index in [2.05, 4.69) is 15.5 Å². The van der Waals surface area contributed by atoms with Gasteiger partial charge in [-0.2, -0.15) is 0 Å². The fraction of sp³-hybridized carbons (Fsp3) is 0.200. The number of hydrogen-bond acceptors (Lipinski definition) is 5. The van der Waals surface area contributed by atoms with E-state index in [1.54, 1.807) is 23.5 Å². The van der Waals surface area contributed by atoms with E-state index < -0.39 is 0 Å². The van der Waals surface area contributed by atoms with Crippen LogP contribution in [0.2, 0.25) is 0 Å². The number of benzene rings is 1. The number of phenolic OH excluding ortho intramolecular Hbond substituents is 1. The standard InChI is InChI=1S/C15H13N3OS/c19-13-4-2-1-3-9(13)12-7-10-11-8-16-6-5-14(11)20-15(10)18-17-12/h1-4,7,16,19H,5-6,8H2. The van der Waals surface area contributed by atoms with Crippen LogP contribution in [-0.4, -0.2) is 21.8 Å². The molecule has 100 valence electrons. The van der Waals surface area contributed by atoms with Crippen LogP contribution in [0.5, 0.6) is 5.75 Å². The van der Waals surface area contributed by atoms with Gasteiger partial charge < -0.3 is 10.4 Å². The molecule has 0 radical (unpaired) electrons. The van der Waals surface area contributed by atoms with E-state index in [1.165, 1.54) is 10.4 Å². The van der Waals surface area contributed by atoms with E-state index in [0.717, 1.165) is 41.0 Å². The average Bonchev–Trinajstić information content (AvgIpc) is 2.85. The third-order valence-electron chi connectivity index (χ3n) is 3.65. The van der Waals surface area contributed by atoms with Crippen LogP contribution in [0.25, 0.3) is 21.5 Å². The van der Waals surface area contributed by atoms with Gasteiger partial charge in [-0.05, 0) is 30.2 Å². The minimum Gasteiger partial charge on any atom is -0.507 e. The Balaban J connectivity index is 1.92. The maximum absolute atomic E-state index is 9.95. The van der Waals surface area contributed by atoms with Crippen molar-refractivity contribution in [3.8, 4) is 17.0 Å². The fourth-order valence-electron chi connectivity index (χ4n) is 2.63. The second kappa shape index (κ2) is 4.54. The predicted octanol–water partition coefficient (Wildman–Crippen LogP) is 2.71. The van der Waals surface area contributed by atoms with E-state index in [-0.39, 0.29) is 5.75 Å². The first-order valence-electron chi connectivity index (χ1n) is 6.60. The Kier molecular flexibility index (Phi) is 2.68. The lowest BCUT2D eigenvalue weighted by Crippen LogP contribution is -2.22. The van der Waals surface area contributed by atoms with Gasteiger partial charge in [0.25, 0.3) is 0 Å². The molecule has 4 nitrogen and oxygen atoms in total. The second-order valence-corrected chi connectivity index (χ2v) is 5.98. The molecule has 0 amide bonds. The number of hydrogen-bond donors (Lipinski definition) is 2. The van der Waals surface area contributed by atoms with E-state index in [0.29, 0.717) is 0 Å². The Morgan fingerprint density at radius 1 is 1.20 bits per heavy atom. The van der Waals surface area contributed by atoms with Gasteiger partial charge in [-0.15, -0.1) is 21.5 Å². The summed E-state index contributed by atoms with van der Waals surface area (Å²) < 4.78 is 0. The van der Waals surface area contributed by atoms with Crippen LogP contribution in [0.3, 0.4) is 0 Å². The third-order valence-corrected chi connectivity index (χ3v) is 4.84. The summed E-state index contributed by atoms with van der Waals surface area (Å²) in [4.78, 5) is 2.39. The van der Waals surface area contributed by atoms with Gasteiger partial charge in [0.2, 0.25) is 0 Å². The van der Waals surface area contributed by atoms with Gasteiger partial charge in [0.05, 0.1) is 5.69 Å². The molecule has 0 spiro atoms. The third kappa shape index (κ3) is 1.78. The molecule has 0 atom stereocenters. The van der Waals surface area contributed by atoms with E-state index in [1.807, 2.05) is 18.2 Å². The molecule has 3 aromatic rings. The van der Waals surface area contributed by atoms with Gasteiger partial charge in [0.15, 0.2) is 0 Å². The number of nitrogens with zero attached hydrogens (tertiary/aromatic N) is 2. The topological polar surface area (TPSA) is 58.0 Å².